The zero-order valence-corrected chi connectivity index (χ0v) is 12.8. The number of benzene rings is 1. The standard InChI is InChI=1S/C15H23N3O3/c1-11(2)18(10-15(20)21-3)9-14(19)17-13-6-4-5-12(7-13)8-16/h4-7,11H,8-10,16H2,1-3H3,(H,17,19). The molecule has 116 valence electrons. The molecule has 21 heavy (non-hydrogen) atoms. The van der Waals surface area contributed by atoms with Crippen LogP contribution in [-0.4, -0.2) is 43.0 Å². The third-order valence-electron chi connectivity index (χ3n) is 3.08. The van der Waals surface area contributed by atoms with Gasteiger partial charge in [0.2, 0.25) is 5.91 Å². The van der Waals surface area contributed by atoms with Gasteiger partial charge in [0.15, 0.2) is 0 Å². The van der Waals surface area contributed by atoms with Crippen LogP contribution < -0.4 is 11.1 Å². The molecule has 1 aromatic rings. The van der Waals surface area contributed by atoms with Crippen molar-refractivity contribution in [1.29, 1.82) is 0 Å². The van der Waals surface area contributed by atoms with Crippen molar-refractivity contribution in [2.24, 2.45) is 5.73 Å². The van der Waals surface area contributed by atoms with Gasteiger partial charge in [-0.1, -0.05) is 12.1 Å². The van der Waals surface area contributed by atoms with E-state index < -0.39 is 0 Å². The van der Waals surface area contributed by atoms with Crippen LogP contribution in [0.5, 0.6) is 0 Å². The molecule has 0 aromatic heterocycles. The topological polar surface area (TPSA) is 84.7 Å². The SMILES string of the molecule is COC(=O)CN(CC(=O)Nc1cccc(CN)c1)C(C)C. The van der Waals surface area contributed by atoms with Crippen molar-refractivity contribution < 1.29 is 14.3 Å². The molecule has 0 unspecified atom stereocenters. The summed E-state index contributed by atoms with van der Waals surface area (Å²) in [5.41, 5.74) is 7.21. The number of methoxy groups -OCH3 is 1. The summed E-state index contributed by atoms with van der Waals surface area (Å²) in [5.74, 6) is -0.539. The first-order valence-corrected chi connectivity index (χ1v) is 6.86. The van der Waals surface area contributed by atoms with Gasteiger partial charge in [0.1, 0.15) is 0 Å². The van der Waals surface area contributed by atoms with Crippen LogP contribution in [0, 0.1) is 0 Å². The van der Waals surface area contributed by atoms with Gasteiger partial charge in [-0.3, -0.25) is 14.5 Å². The first-order valence-electron chi connectivity index (χ1n) is 6.86. The van der Waals surface area contributed by atoms with Crippen LogP contribution in [0.25, 0.3) is 0 Å². The highest BCUT2D eigenvalue weighted by Crippen LogP contribution is 2.10. The van der Waals surface area contributed by atoms with E-state index in [4.69, 9.17) is 5.73 Å². The van der Waals surface area contributed by atoms with Gasteiger partial charge in [-0.2, -0.15) is 0 Å². The molecule has 0 aliphatic carbocycles. The molecule has 0 fully saturated rings. The fourth-order valence-electron chi connectivity index (χ4n) is 1.81. The predicted molar refractivity (Wildman–Crippen MR) is 81.7 cm³/mol. The maximum atomic E-state index is 12.1. The Bertz CT molecular complexity index is 489. The van der Waals surface area contributed by atoms with E-state index in [0.29, 0.717) is 12.2 Å². The number of nitrogens with zero attached hydrogens (tertiary/aromatic N) is 1. The summed E-state index contributed by atoms with van der Waals surface area (Å²) >= 11 is 0. The fourth-order valence-corrected chi connectivity index (χ4v) is 1.81. The quantitative estimate of drug-likeness (QED) is 0.732. The highest BCUT2D eigenvalue weighted by Gasteiger charge is 2.17. The van der Waals surface area contributed by atoms with Crippen LogP contribution >= 0.6 is 0 Å². The molecule has 0 radical (unpaired) electrons. The van der Waals surface area contributed by atoms with Crippen molar-refractivity contribution in [2.45, 2.75) is 26.4 Å². The molecule has 0 saturated carbocycles. The van der Waals surface area contributed by atoms with Gasteiger partial charge in [0.05, 0.1) is 20.2 Å². The second-order valence-electron chi connectivity index (χ2n) is 5.03. The number of nitrogens with two attached hydrogens (primary N) is 1. The van der Waals surface area contributed by atoms with Gasteiger partial charge >= 0.3 is 5.97 Å². The number of rotatable bonds is 7. The van der Waals surface area contributed by atoms with Crippen LogP contribution in [0.2, 0.25) is 0 Å². The molecular weight excluding hydrogens is 270 g/mol. The van der Waals surface area contributed by atoms with E-state index in [9.17, 15) is 9.59 Å². The Kier molecular flexibility index (Phi) is 6.84. The molecule has 1 rings (SSSR count). The summed E-state index contributed by atoms with van der Waals surface area (Å²) in [6.45, 7) is 4.48. The summed E-state index contributed by atoms with van der Waals surface area (Å²) in [4.78, 5) is 25.1. The molecule has 1 aromatic carbocycles. The molecule has 0 aliphatic rings. The van der Waals surface area contributed by atoms with Crippen molar-refractivity contribution >= 4 is 17.6 Å². The molecular formula is C15H23N3O3. The fraction of sp³-hybridized carbons (Fsp3) is 0.467. The number of esters is 1. The summed E-state index contributed by atoms with van der Waals surface area (Å²) in [7, 11) is 1.33. The van der Waals surface area contributed by atoms with Crippen molar-refractivity contribution in [3.63, 3.8) is 0 Å². The first kappa shape index (κ1) is 17.1. The molecule has 0 bridgehead atoms. The zero-order chi connectivity index (χ0) is 15.8. The Morgan fingerprint density at radius 1 is 1.33 bits per heavy atom. The largest absolute Gasteiger partial charge is 0.468 e. The predicted octanol–water partition coefficient (Wildman–Crippen LogP) is 0.967. The highest BCUT2D eigenvalue weighted by atomic mass is 16.5. The molecule has 6 heteroatoms. The Labute approximate surface area is 125 Å². The third-order valence-corrected chi connectivity index (χ3v) is 3.08. The maximum absolute atomic E-state index is 12.1. The van der Waals surface area contributed by atoms with E-state index in [2.05, 4.69) is 10.1 Å². The van der Waals surface area contributed by atoms with Crippen molar-refractivity contribution in [2.75, 3.05) is 25.5 Å². The lowest BCUT2D eigenvalue weighted by Crippen LogP contribution is -2.41. The summed E-state index contributed by atoms with van der Waals surface area (Å²) in [6, 6.07) is 7.43. The Morgan fingerprint density at radius 3 is 2.62 bits per heavy atom. The minimum Gasteiger partial charge on any atom is -0.468 e. The van der Waals surface area contributed by atoms with E-state index in [-0.39, 0.29) is 31.0 Å². The van der Waals surface area contributed by atoms with E-state index >= 15 is 0 Å². The smallest absolute Gasteiger partial charge is 0.319 e. The third kappa shape index (κ3) is 5.93. The molecule has 6 nitrogen and oxygen atoms in total. The minimum atomic E-state index is -0.360. The number of anilines is 1. The monoisotopic (exact) mass is 293 g/mol. The lowest BCUT2D eigenvalue weighted by atomic mass is 10.2. The molecule has 1 amide bonds. The second-order valence-corrected chi connectivity index (χ2v) is 5.03. The average Bonchev–Trinajstić information content (AvgIpc) is 2.46. The zero-order valence-electron chi connectivity index (χ0n) is 12.8. The Balaban J connectivity index is 2.62. The van der Waals surface area contributed by atoms with Crippen molar-refractivity contribution in [3.8, 4) is 0 Å². The summed E-state index contributed by atoms with van der Waals surface area (Å²) in [6.07, 6.45) is 0. The van der Waals surface area contributed by atoms with Crippen molar-refractivity contribution in [3.05, 3.63) is 29.8 Å². The number of amides is 1. The second kappa shape index (κ2) is 8.39. The number of nitrogens with one attached hydrogen (secondary N) is 1. The number of hydrogen-bond acceptors (Lipinski definition) is 5. The lowest BCUT2D eigenvalue weighted by Gasteiger charge is -2.24. The normalized spacial score (nSPS) is 10.8. The van der Waals surface area contributed by atoms with Gasteiger partial charge in [0, 0.05) is 18.3 Å². The van der Waals surface area contributed by atoms with Crippen LogP contribution in [0.3, 0.4) is 0 Å². The summed E-state index contributed by atoms with van der Waals surface area (Å²) in [5, 5.41) is 2.80. The molecule has 0 spiro atoms. The molecule has 0 saturated heterocycles. The van der Waals surface area contributed by atoms with Crippen LogP contribution in [0.4, 0.5) is 5.69 Å². The van der Waals surface area contributed by atoms with Gasteiger partial charge < -0.3 is 15.8 Å². The van der Waals surface area contributed by atoms with Crippen LogP contribution in [0.1, 0.15) is 19.4 Å². The Hall–Kier alpha value is -1.92. The first-order chi connectivity index (χ1) is 9.96. The maximum Gasteiger partial charge on any atom is 0.319 e. The van der Waals surface area contributed by atoms with E-state index in [1.807, 2.05) is 32.0 Å². The van der Waals surface area contributed by atoms with E-state index in [1.165, 1.54) is 7.11 Å². The van der Waals surface area contributed by atoms with E-state index in [1.54, 1.807) is 11.0 Å². The van der Waals surface area contributed by atoms with Crippen molar-refractivity contribution in [1.82, 2.24) is 4.90 Å². The Morgan fingerprint density at radius 2 is 2.05 bits per heavy atom. The molecule has 0 atom stereocenters. The average molecular weight is 293 g/mol. The van der Waals surface area contributed by atoms with Gasteiger partial charge in [-0.15, -0.1) is 0 Å². The number of hydrogen-bond donors (Lipinski definition) is 2. The molecule has 3 N–H and O–H groups in total. The number of carbonyl (C=O) groups is 2. The summed E-state index contributed by atoms with van der Waals surface area (Å²) < 4.78 is 4.63. The van der Waals surface area contributed by atoms with Gasteiger partial charge in [0.25, 0.3) is 0 Å². The number of carbonyl (C=O) groups excluding carboxylic acids is 2. The highest BCUT2D eigenvalue weighted by molar-refractivity contribution is 5.92. The van der Waals surface area contributed by atoms with E-state index in [0.717, 1.165) is 5.56 Å². The minimum absolute atomic E-state index is 0.0604. The molecule has 0 heterocycles. The van der Waals surface area contributed by atoms with Crippen LogP contribution in [-0.2, 0) is 20.9 Å². The number of ether oxygens (including phenoxy) is 1. The van der Waals surface area contributed by atoms with Gasteiger partial charge in [-0.25, -0.2) is 0 Å². The van der Waals surface area contributed by atoms with Gasteiger partial charge in [-0.05, 0) is 31.5 Å². The lowest BCUT2D eigenvalue weighted by molar-refractivity contribution is -0.142. The van der Waals surface area contributed by atoms with Crippen LogP contribution in [0.15, 0.2) is 24.3 Å². The molecule has 0 aliphatic heterocycles.